The van der Waals surface area contributed by atoms with E-state index in [9.17, 15) is 62.6 Å². The zero-order valence-electron chi connectivity index (χ0n) is 52.5. The largest absolute Gasteiger partial charge is 0.394 e. The predicted molar refractivity (Wildman–Crippen MR) is 312 cm³/mol. The lowest BCUT2D eigenvalue weighted by Crippen LogP contribution is -2.64. The zero-order chi connectivity index (χ0) is 63.6. The molecule has 0 saturated carbocycles. The SMILES string of the molecule is CCC(C)C(NC(=O)C(CC(N)=O)NC(=O)C(C)(C)NC(C)=O)C(=O)NC(CC(C)C)C(=O)NC(C)(C)C(=O)N1CCCC1C(=O)NC(C(=O)NC(CC(C)C)C(=O)NC(C)(C)C(=O)N1CCCC1C(=O)NC(CO)CC(C)C)C(C)CC. The highest BCUT2D eigenvalue weighted by atomic mass is 16.3. The monoisotopic (exact) mass is 1170 g/mol. The fourth-order valence-electron chi connectivity index (χ4n) is 10.3. The van der Waals surface area contributed by atoms with Gasteiger partial charge in [-0.25, -0.2) is 0 Å². The van der Waals surface area contributed by atoms with E-state index in [4.69, 9.17) is 5.73 Å². The summed E-state index contributed by atoms with van der Waals surface area (Å²) >= 11 is 0. The molecular weight excluding hydrogens is 1070 g/mol. The topological polar surface area (TPSA) is 366 Å². The van der Waals surface area contributed by atoms with Crippen LogP contribution in [0.4, 0.5) is 0 Å². The van der Waals surface area contributed by atoms with Gasteiger partial charge in [-0.2, -0.15) is 0 Å². The van der Waals surface area contributed by atoms with Gasteiger partial charge in [-0.05, 0) is 116 Å². The van der Waals surface area contributed by atoms with Crippen LogP contribution >= 0.6 is 0 Å². The molecule has 12 N–H and O–H groups in total. The molecule has 83 heavy (non-hydrogen) atoms. The van der Waals surface area contributed by atoms with Crippen molar-refractivity contribution in [2.45, 2.75) is 247 Å². The predicted octanol–water partition coefficient (Wildman–Crippen LogP) is 0.680. The third-order valence-corrected chi connectivity index (χ3v) is 15.2. The number of nitrogens with one attached hydrogen (secondary N) is 9. The molecular formula is C58H102N12O13. The minimum absolute atomic E-state index is 0.0932. The van der Waals surface area contributed by atoms with Gasteiger partial charge in [0, 0.05) is 20.0 Å². The van der Waals surface area contributed by atoms with Crippen molar-refractivity contribution in [3.8, 4) is 0 Å². The van der Waals surface area contributed by atoms with E-state index in [1.54, 1.807) is 20.8 Å². The highest BCUT2D eigenvalue weighted by Gasteiger charge is 2.46. The van der Waals surface area contributed by atoms with E-state index < -0.39 is 148 Å². The van der Waals surface area contributed by atoms with Crippen LogP contribution < -0.4 is 53.6 Å². The number of hydrogen-bond acceptors (Lipinski definition) is 13. The number of aliphatic hydroxyl groups excluding tert-OH is 1. The Kier molecular flexibility index (Phi) is 28.1. The molecule has 2 aliphatic heterocycles. The Labute approximate surface area is 491 Å². The summed E-state index contributed by atoms with van der Waals surface area (Å²) in [6, 6.07) is -8.73. The number of amides is 12. The number of likely N-dealkylation sites (tertiary alicyclic amines) is 2. The quantitative estimate of drug-likeness (QED) is 0.0442. The fraction of sp³-hybridized carbons (Fsp3) is 0.793. The molecule has 0 spiro atoms. The van der Waals surface area contributed by atoms with Crippen LogP contribution in [0.3, 0.4) is 0 Å². The lowest BCUT2D eigenvalue weighted by atomic mass is 9.95. The molecule has 10 unspecified atom stereocenters. The van der Waals surface area contributed by atoms with Crippen LogP contribution in [0, 0.1) is 29.6 Å². The van der Waals surface area contributed by atoms with E-state index in [0.29, 0.717) is 38.5 Å². The molecule has 0 radical (unpaired) electrons. The number of primary amides is 1. The molecule has 2 saturated heterocycles. The molecule has 10 atom stereocenters. The van der Waals surface area contributed by atoms with E-state index in [1.807, 2.05) is 48.5 Å². The van der Waals surface area contributed by atoms with Crippen LogP contribution in [0.5, 0.6) is 0 Å². The Morgan fingerprint density at radius 3 is 1.27 bits per heavy atom. The first kappa shape index (κ1) is 72.7. The number of carbonyl (C=O) groups excluding carboxylic acids is 12. The van der Waals surface area contributed by atoms with E-state index in [2.05, 4.69) is 47.9 Å². The van der Waals surface area contributed by atoms with Gasteiger partial charge >= 0.3 is 0 Å². The second-order valence-electron chi connectivity index (χ2n) is 25.7. The van der Waals surface area contributed by atoms with Gasteiger partial charge in [0.2, 0.25) is 70.9 Å². The fourth-order valence-corrected chi connectivity index (χ4v) is 10.3. The molecule has 25 heteroatoms. The lowest BCUT2D eigenvalue weighted by molar-refractivity contribution is -0.146. The molecule has 0 aromatic carbocycles. The summed E-state index contributed by atoms with van der Waals surface area (Å²) in [6.45, 7) is 28.5. The van der Waals surface area contributed by atoms with Gasteiger partial charge in [0.25, 0.3) is 0 Å². The standard InChI is InChI=1S/C58H102N12O13/c1-18-34(9)44(64-46(74)40(29-43(59)73)63-53(81)56(12,13)66-36(11)72)51(79)61-38(27-32(5)6)47(75)68-58(16,17)55(83)70-25-21-23-42(70)50(78)65-45(35(10)19-2)52(80)62-39(28-33(7)8)48(76)67-57(14,15)54(82)69-24-20-22-41(69)49(77)60-37(30-71)26-31(3)4/h31-35,37-42,44-45,71H,18-30H2,1-17H3,(H2,59,73)(H,60,77)(H,61,79)(H,62,80)(H,63,81)(H,64,74)(H,65,78)(H,66,72)(H,67,76)(H,68,75). The van der Waals surface area contributed by atoms with Gasteiger partial charge < -0.3 is 68.5 Å². The van der Waals surface area contributed by atoms with Crippen molar-refractivity contribution < 1.29 is 62.6 Å². The van der Waals surface area contributed by atoms with Crippen LogP contribution in [-0.4, -0.2) is 170 Å². The van der Waals surface area contributed by atoms with E-state index in [0.717, 1.165) is 0 Å². The zero-order valence-corrected chi connectivity index (χ0v) is 52.5. The van der Waals surface area contributed by atoms with Crippen LogP contribution in [0.2, 0.25) is 0 Å². The summed E-state index contributed by atoms with van der Waals surface area (Å²) in [7, 11) is 0. The smallest absolute Gasteiger partial charge is 0.248 e. The molecule has 0 aromatic rings. The highest BCUT2D eigenvalue weighted by molar-refractivity contribution is 6.01. The van der Waals surface area contributed by atoms with E-state index in [1.165, 1.54) is 58.3 Å². The van der Waals surface area contributed by atoms with Crippen molar-refractivity contribution in [3.05, 3.63) is 0 Å². The third kappa shape index (κ3) is 21.9. The first-order valence-corrected chi connectivity index (χ1v) is 29.6. The summed E-state index contributed by atoms with van der Waals surface area (Å²) in [5, 5.41) is 34.3. The van der Waals surface area contributed by atoms with Gasteiger partial charge in [0.1, 0.15) is 58.9 Å². The first-order chi connectivity index (χ1) is 38.3. The van der Waals surface area contributed by atoms with Crippen LogP contribution in [0.15, 0.2) is 0 Å². The Hall–Kier alpha value is -6.40. The maximum absolute atomic E-state index is 14.5. The average Bonchev–Trinajstić information content (AvgIpc) is 4.35. The second kappa shape index (κ2) is 32.0. The molecule has 0 aromatic heterocycles. The van der Waals surface area contributed by atoms with Crippen LogP contribution in [0.25, 0.3) is 0 Å². The lowest BCUT2D eigenvalue weighted by Gasteiger charge is -2.36. The van der Waals surface area contributed by atoms with Crippen molar-refractivity contribution in [2.24, 2.45) is 35.3 Å². The van der Waals surface area contributed by atoms with Gasteiger partial charge in [-0.1, -0.05) is 82.1 Å². The van der Waals surface area contributed by atoms with Gasteiger partial charge in [0.05, 0.1) is 19.1 Å². The third-order valence-electron chi connectivity index (χ3n) is 15.2. The average molecular weight is 1180 g/mol. The normalized spacial score (nSPS) is 18.6. The molecule has 2 aliphatic rings. The number of carbonyl (C=O) groups is 12. The minimum Gasteiger partial charge on any atom is -0.394 e. The second-order valence-corrected chi connectivity index (χ2v) is 25.7. The Morgan fingerprint density at radius 2 is 0.904 bits per heavy atom. The number of rotatable bonds is 32. The summed E-state index contributed by atoms with van der Waals surface area (Å²) in [4.78, 5) is 167. The van der Waals surface area contributed by atoms with Crippen LogP contribution in [0.1, 0.15) is 182 Å². The summed E-state index contributed by atoms with van der Waals surface area (Å²) in [5.41, 5.74) is 0.771. The molecule has 472 valence electrons. The van der Waals surface area contributed by atoms with Crippen LogP contribution in [-0.2, 0) is 57.5 Å². The maximum atomic E-state index is 14.5. The van der Waals surface area contributed by atoms with E-state index in [-0.39, 0.29) is 62.6 Å². The van der Waals surface area contributed by atoms with Crippen molar-refractivity contribution in [1.82, 2.24) is 57.7 Å². The molecule has 0 aliphatic carbocycles. The number of nitrogens with two attached hydrogens (primary N) is 1. The van der Waals surface area contributed by atoms with E-state index >= 15 is 0 Å². The van der Waals surface area contributed by atoms with Crippen molar-refractivity contribution in [2.75, 3.05) is 19.7 Å². The Balaban J connectivity index is 2.32. The Bertz CT molecular complexity index is 2320. The molecule has 2 heterocycles. The number of hydrogen-bond donors (Lipinski definition) is 11. The first-order valence-electron chi connectivity index (χ1n) is 29.6. The summed E-state index contributed by atoms with van der Waals surface area (Å²) in [5.74, 6) is -9.21. The molecule has 2 fully saturated rings. The summed E-state index contributed by atoms with van der Waals surface area (Å²) < 4.78 is 0. The maximum Gasteiger partial charge on any atom is 0.248 e. The van der Waals surface area contributed by atoms with Gasteiger partial charge in [0.15, 0.2) is 0 Å². The Morgan fingerprint density at radius 1 is 0.506 bits per heavy atom. The van der Waals surface area contributed by atoms with Crippen molar-refractivity contribution >= 4 is 70.9 Å². The minimum atomic E-state index is -1.66. The molecule has 12 amide bonds. The van der Waals surface area contributed by atoms with Gasteiger partial charge in [-0.15, -0.1) is 0 Å². The number of nitrogens with zero attached hydrogens (tertiary/aromatic N) is 2. The molecule has 2 rings (SSSR count). The molecule has 25 nitrogen and oxygen atoms in total. The van der Waals surface area contributed by atoms with Crippen molar-refractivity contribution in [3.63, 3.8) is 0 Å². The summed E-state index contributed by atoms with van der Waals surface area (Å²) in [6.07, 6.45) is 2.57. The highest BCUT2D eigenvalue weighted by Crippen LogP contribution is 2.25. The number of aliphatic hydroxyl groups is 1. The van der Waals surface area contributed by atoms with Crippen molar-refractivity contribution in [1.29, 1.82) is 0 Å². The molecule has 0 bridgehead atoms. The van der Waals surface area contributed by atoms with Gasteiger partial charge in [-0.3, -0.25) is 57.5 Å².